The quantitative estimate of drug-likeness (QED) is 0.720. The number of aromatic nitrogens is 2. The normalized spacial score (nSPS) is 22.8. The Kier molecular flexibility index (Phi) is 4.79. The number of carbonyl (C=O) groups is 1. The van der Waals surface area contributed by atoms with Crippen molar-refractivity contribution in [2.45, 2.75) is 38.8 Å². The van der Waals surface area contributed by atoms with Crippen LogP contribution < -0.4 is 10.6 Å². The SMILES string of the molecule is CCC(C)n1nccc1NC(=O)N[C@@H]1C=C[C@H](CO)C1. The first kappa shape index (κ1) is 14.6. The smallest absolute Gasteiger partial charge is 0.320 e. The molecule has 0 spiro atoms. The highest BCUT2D eigenvalue weighted by Gasteiger charge is 2.20. The number of urea groups is 1. The molecule has 1 aliphatic rings. The Labute approximate surface area is 118 Å². The number of nitrogens with zero attached hydrogens (tertiary/aromatic N) is 2. The fourth-order valence-corrected chi connectivity index (χ4v) is 2.28. The zero-order chi connectivity index (χ0) is 14.5. The molecule has 6 nitrogen and oxygen atoms in total. The van der Waals surface area contributed by atoms with Crippen LogP contribution in [-0.4, -0.2) is 33.6 Å². The Morgan fingerprint density at radius 2 is 2.40 bits per heavy atom. The predicted molar refractivity (Wildman–Crippen MR) is 77.5 cm³/mol. The van der Waals surface area contributed by atoms with E-state index in [9.17, 15) is 4.79 Å². The van der Waals surface area contributed by atoms with E-state index < -0.39 is 0 Å². The lowest BCUT2D eigenvalue weighted by Gasteiger charge is -2.16. The van der Waals surface area contributed by atoms with Crippen LogP contribution in [0.4, 0.5) is 10.6 Å². The fourth-order valence-electron chi connectivity index (χ4n) is 2.28. The van der Waals surface area contributed by atoms with Crippen LogP contribution in [0.5, 0.6) is 0 Å². The number of anilines is 1. The topological polar surface area (TPSA) is 79.2 Å². The van der Waals surface area contributed by atoms with Gasteiger partial charge in [0.05, 0.1) is 12.2 Å². The summed E-state index contributed by atoms with van der Waals surface area (Å²) < 4.78 is 1.81. The molecule has 20 heavy (non-hydrogen) atoms. The summed E-state index contributed by atoms with van der Waals surface area (Å²) in [6, 6.07) is 1.76. The van der Waals surface area contributed by atoms with E-state index in [0.717, 1.165) is 12.8 Å². The number of amides is 2. The number of rotatable bonds is 5. The highest BCUT2D eigenvalue weighted by molar-refractivity contribution is 5.88. The molecule has 110 valence electrons. The van der Waals surface area contributed by atoms with Crippen LogP contribution in [0.25, 0.3) is 0 Å². The lowest BCUT2D eigenvalue weighted by molar-refractivity contribution is 0.238. The van der Waals surface area contributed by atoms with Crippen molar-refractivity contribution < 1.29 is 9.90 Å². The summed E-state index contributed by atoms with van der Waals surface area (Å²) in [5, 5.41) is 19.0. The third kappa shape index (κ3) is 3.39. The second-order valence-corrected chi connectivity index (χ2v) is 5.19. The molecule has 1 unspecified atom stereocenters. The van der Waals surface area contributed by atoms with Gasteiger partial charge in [0.1, 0.15) is 5.82 Å². The van der Waals surface area contributed by atoms with Crippen LogP contribution in [-0.2, 0) is 0 Å². The van der Waals surface area contributed by atoms with Crippen molar-refractivity contribution in [1.82, 2.24) is 15.1 Å². The summed E-state index contributed by atoms with van der Waals surface area (Å²) in [6.07, 6.45) is 7.23. The van der Waals surface area contributed by atoms with Crippen molar-refractivity contribution >= 4 is 11.8 Å². The van der Waals surface area contributed by atoms with Gasteiger partial charge in [-0.25, -0.2) is 9.48 Å². The average Bonchev–Trinajstić information content (AvgIpc) is 3.07. The van der Waals surface area contributed by atoms with Crippen LogP contribution in [0.2, 0.25) is 0 Å². The molecule has 3 N–H and O–H groups in total. The van der Waals surface area contributed by atoms with E-state index in [1.807, 2.05) is 12.2 Å². The summed E-state index contributed by atoms with van der Waals surface area (Å²) in [5.41, 5.74) is 0. The van der Waals surface area contributed by atoms with Crippen LogP contribution >= 0.6 is 0 Å². The van der Waals surface area contributed by atoms with E-state index in [1.165, 1.54) is 0 Å². The van der Waals surface area contributed by atoms with Crippen molar-refractivity contribution in [3.8, 4) is 0 Å². The second-order valence-electron chi connectivity index (χ2n) is 5.19. The fraction of sp³-hybridized carbons (Fsp3) is 0.571. The standard InChI is InChI=1S/C14H22N4O2/c1-3-10(2)18-13(6-7-15-18)17-14(20)16-12-5-4-11(8-12)9-19/h4-7,10-12,19H,3,8-9H2,1-2H3,(H2,16,17,20)/t10?,11-,12+/m0/s1. The average molecular weight is 278 g/mol. The van der Waals surface area contributed by atoms with Gasteiger partial charge in [0.25, 0.3) is 0 Å². The molecule has 0 radical (unpaired) electrons. The Morgan fingerprint density at radius 1 is 1.60 bits per heavy atom. The molecule has 3 atom stereocenters. The molecular weight excluding hydrogens is 256 g/mol. The van der Waals surface area contributed by atoms with Crippen molar-refractivity contribution in [3.63, 3.8) is 0 Å². The van der Waals surface area contributed by atoms with Crippen molar-refractivity contribution in [3.05, 3.63) is 24.4 Å². The maximum atomic E-state index is 12.0. The number of nitrogens with one attached hydrogen (secondary N) is 2. The van der Waals surface area contributed by atoms with E-state index in [1.54, 1.807) is 16.9 Å². The molecule has 0 aromatic carbocycles. The van der Waals surface area contributed by atoms with Crippen LogP contribution in [0.1, 0.15) is 32.7 Å². The highest BCUT2D eigenvalue weighted by Crippen LogP contribution is 2.18. The zero-order valence-corrected chi connectivity index (χ0v) is 11.9. The van der Waals surface area contributed by atoms with E-state index >= 15 is 0 Å². The number of aliphatic hydroxyl groups excluding tert-OH is 1. The van der Waals surface area contributed by atoms with Gasteiger partial charge in [0.15, 0.2) is 0 Å². The zero-order valence-electron chi connectivity index (χ0n) is 11.9. The van der Waals surface area contributed by atoms with Crippen LogP contribution in [0.3, 0.4) is 0 Å². The van der Waals surface area contributed by atoms with Gasteiger partial charge in [0.2, 0.25) is 0 Å². The minimum absolute atomic E-state index is 0.0212. The minimum Gasteiger partial charge on any atom is -0.396 e. The van der Waals surface area contributed by atoms with Gasteiger partial charge in [-0.2, -0.15) is 5.10 Å². The number of hydrogen-bond donors (Lipinski definition) is 3. The van der Waals surface area contributed by atoms with E-state index in [0.29, 0.717) is 5.82 Å². The first-order chi connectivity index (χ1) is 9.63. The molecule has 0 aliphatic heterocycles. The van der Waals surface area contributed by atoms with Gasteiger partial charge in [-0.05, 0) is 19.8 Å². The maximum Gasteiger partial charge on any atom is 0.320 e. The molecule has 2 rings (SSSR count). The van der Waals surface area contributed by atoms with Gasteiger partial charge in [-0.15, -0.1) is 0 Å². The summed E-state index contributed by atoms with van der Waals surface area (Å²) in [6.45, 7) is 4.26. The Hall–Kier alpha value is -1.82. The number of hydrogen-bond acceptors (Lipinski definition) is 3. The summed E-state index contributed by atoms with van der Waals surface area (Å²) in [4.78, 5) is 12.0. The highest BCUT2D eigenvalue weighted by atomic mass is 16.3. The first-order valence-electron chi connectivity index (χ1n) is 7.04. The third-order valence-electron chi connectivity index (χ3n) is 3.64. The van der Waals surface area contributed by atoms with Crippen molar-refractivity contribution in [2.24, 2.45) is 5.92 Å². The molecule has 2 amide bonds. The van der Waals surface area contributed by atoms with Gasteiger partial charge >= 0.3 is 6.03 Å². The van der Waals surface area contributed by atoms with Crippen molar-refractivity contribution in [2.75, 3.05) is 11.9 Å². The lowest BCUT2D eigenvalue weighted by atomic mass is 10.1. The Balaban J connectivity index is 1.89. The van der Waals surface area contributed by atoms with E-state index in [4.69, 9.17) is 5.11 Å². The molecule has 0 fully saturated rings. The molecular formula is C14H22N4O2. The first-order valence-corrected chi connectivity index (χ1v) is 7.04. The third-order valence-corrected chi connectivity index (χ3v) is 3.64. The molecule has 1 aliphatic carbocycles. The molecule has 0 bridgehead atoms. The monoisotopic (exact) mass is 278 g/mol. The van der Waals surface area contributed by atoms with Gasteiger partial charge in [0, 0.05) is 24.6 Å². The van der Waals surface area contributed by atoms with E-state index in [-0.39, 0.29) is 30.6 Å². The van der Waals surface area contributed by atoms with Crippen molar-refractivity contribution in [1.29, 1.82) is 0 Å². The Bertz CT molecular complexity index is 483. The summed E-state index contributed by atoms with van der Waals surface area (Å²) in [7, 11) is 0. The molecule has 0 saturated heterocycles. The molecule has 0 saturated carbocycles. The largest absolute Gasteiger partial charge is 0.396 e. The maximum absolute atomic E-state index is 12.0. The molecule has 1 aromatic heterocycles. The molecule has 6 heteroatoms. The van der Waals surface area contributed by atoms with Gasteiger partial charge < -0.3 is 10.4 Å². The van der Waals surface area contributed by atoms with Crippen LogP contribution in [0, 0.1) is 5.92 Å². The van der Waals surface area contributed by atoms with Gasteiger partial charge in [-0.3, -0.25) is 5.32 Å². The predicted octanol–water partition coefficient (Wildman–Crippen LogP) is 1.91. The second kappa shape index (κ2) is 6.56. The number of aliphatic hydroxyl groups is 1. The molecule has 1 heterocycles. The minimum atomic E-state index is -0.247. The van der Waals surface area contributed by atoms with Gasteiger partial charge in [-0.1, -0.05) is 19.1 Å². The summed E-state index contributed by atoms with van der Waals surface area (Å²) in [5.74, 6) is 0.837. The lowest BCUT2D eigenvalue weighted by Crippen LogP contribution is -2.37. The number of carbonyl (C=O) groups excluding carboxylic acids is 1. The Morgan fingerprint density at radius 3 is 3.05 bits per heavy atom. The summed E-state index contributed by atoms with van der Waals surface area (Å²) >= 11 is 0. The van der Waals surface area contributed by atoms with Crippen LogP contribution in [0.15, 0.2) is 24.4 Å². The van der Waals surface area contributed by atoms with E-state index in [2.05, 4.69) is 29.6 Å². The molecule has 1 aromatic rings.